The fourth-order valence-corrected chi connectivity index (χ4v) is 7.01. The van der Waals surface area contributed by atoms with Gasteiger partial charge in [-0.25, -0.2) is 19.9 Å². The Morgan fingerprint density at radius 1 is 0.675 bits per heavy atom. The first-order chi connectivity index (χ1) is 37.0. The fourth-order valence-electron chi connectivity index (χ4n) is 5.55. The number of rotatable bonds is 15. The van der Waals surface area contributed by atoms with Crippen molar-refractivity contribution in [1.29, 1.82) is 0 Å². The molecule has 17 nitrogen and oxygen atoms in total. The normalized spacial score (nSPS) is 11.3. The summed E-state index contributed by atoms with van der Waals surface area (Å²) >= 11 is 31.8. The first-order valence-electron chi connectivity index (χ1n) is 21.4. The minimum absolute atomic E-state index is 0. The molecule has 1 aliphatic heterocycles. The Kier molecular flexibility index (Phi) is 29.3. The number of carbonyl (C=O) groups is 3. The van der Waals surface area contributed by atoms with Crippen LogP contribution in [-0.2, 0) is 20.8 Å². The zero-order valence-corrected chi connectivity index (χ0v) is 46.1. The van der Waals surface area contributed by atoms with Crippen LogP contribution >= 0.6 is 82.4 Å². The van der Waals surface area contributed by atoms with Crippen molar-refractivity contribution in [2.24, 2.45) is 4.99 Å². The Morgan fingerprint density at radius 2 is 1.20 bits per heavy atom. The summed E-state index contributed by atoms with van der Waals surface area (Å²) in [5, 5.41) is 7.86. The minimum atomic E-state index is -4.51. The van der Waals surface area contributed by atoms with Gasteiger partial charge in [-0.1, -0.05) is 30.6 Å². The summed E-state index contributed by atoms with van der Waals surface area (Å²) in [5.41, 5.74) is 8.58. The number of hydrogen-bond acceptors (Lipinski definition) is 16. The molecule has 0 atom stereocenters. The lowest BCUT2D eigenvalue weighted by Gasteiger charge is -2.13. The number of amides is 2. The summed E-state index contributed by atoms with van der Waals surface area (Å²) in [4.78, 5) is 51.9. The molecule has 7 rings (SSSR count). The number of nitrogens with one attached hydrogen (secondary N) is 3. The maximum absolute atomic E-state index is 12.4. The number of nitrogen functional groups attached to an aromatic ring is 1. The molecule has 0 saturated carbocycles. The monoisotopic (exact) mass is 1280 g/mol. The van der Waals surface area contributed by atoms with Gasteiger partial charge < -0.3 is 49.8 Å². The van der Waals surface area contributed by atoms with E-state index in [-0.39, 0.29) is 70.9 Å². The third-order valence-electron chi connectivity index (χ3n) is 8.70. The molecule has 0 fully saturated rings. The predicted octanol–water partition coefficient (Wildman–Crippen LogP) is 13.2. The molecule has 4 aromatic heterocycles. The number of halogens is 14. The highest BCUT2D eigenvalue weighted by molar-refractivity contribution is 8.14. The number of alkyl halides is 11. The molecule has 5 N–H and O–H groups in total. The molecule has 33 heteroatoms. The van der Waals surface area contributed by atoms with E-state index in [2.05, 4.69) is 57.7 Å². The lowest BCUT2D eigenvalue weighted by atomic mass is 10.2. The van der Waals surface area contributed by atoms with Gasteiger partial charge in [0, 0.05) is 41.4 Å². The van der Waals surface area contributed by atoms with Crippen molar-refractivity contribution in [2.45, 2.75) is 37.4 Å². The molecule has 6 aromatic rings. The Bertz CT molecular complexity index is 3020. The van der Waals surface area contributed by atoms with Gasteiger partial charge in [-0.3, -0.25) is 14.4 Å². The number of fused-ring (bicyclic) bond motifs is 2. The number of pyridine rings is 3. The molecule has 438 valence electrons. The Balaban J connectivity index is 0.000000372. The van der Waals surface area contributed by atoms with E-state index in [0.29, 0.717) is 28.1 Å². The van der Waals surface area contributed by atoms with E-state index in [1.807, 2.05) is 6.07 Å². The highest BCUT2D eigenvalue weighted by Crippen LogP contribution is 2.35. The van der Waals surface area contributed by atoms with E-state index in [9.17, 15) is 53.9 Å². The van der Waals surface area contributed by atoms with Crippen LogP contribution in [0.15, 0.2) is 89.3 Å². The molecule has 0 spiro atoms. The van der Waals surface area contributed by atoms with Gasteiger partial charge in [0.2, 0.25) is 17.1 Å². The summed E-state index contributed by atoms with van der Waals surface area (Å²) in [6.07, 6.45) is -8.37. The number of carbonyl (C=O) groups excluding carboxylic acids is 3. The van der Waals surface area contributed by atoms with Crippen LogP contribution in [0.3, 0.4) is 0 Å². The summed E-state index contributed by atoms with van der Waals surface area (Å²) in [7, 11) is 3.91. The minimum Gasteiger partial charge on any atom is -0.493 e. The number of thiol groups is 1. The Hall–Kier alpha value is -6.17. The number of methoxy groups -OCH3 is 3. The zero-order valence-electron chi connectivity index (χ0n) is 40.6. The van der Waals surface area contributed by atoms with E-state index in [1.165, 1.54) is 81.8 Å². The van der Waals surface area contributed by atoms with Crippen LogP contribution in [-0.4, -0.2) is 119 Å². The second kappa shape index (κ2) is 33.6. The van der Waals surface area contributed by atoms with Crippen LogP contribution in [0.25, 0.3) is 10.9 Å². The van der Waals surface area contributed by atoms with Gasteiger partial charge in [-0.2, -0.15) is 39.5 Å². The van der Waals surface area contributed by atoms with Crippen LogP contribution in [0.4, 0.5) is 62.4 Å². The number of aliphatic imine (C=N–C) groups is 1. The van der Waals surface area contributed by atoms with Gasteiger partial charge >= 0.3 is 18.5 Å². The molecule has 0 unspecified atom stereocenters. The maximum atomic E-state index is 12.4. The standard InChI is InChI=1S/C17H14ClF3N4O3S.C11H11ClF3NO3.C9H10F3NO2.C7H5ClN2S.C2H2Cl2O.CH4/c1-27-12-6-23-14(4-11(12)28-8-17(19,20)21)25-15(26)7-29-16-3-9-2-13(18)22-5-10(9)24-16;1-18-8-3-2-7(16-10(17)5-12)4-9(8)19-6-11(13,14)15;1-14-7-3-2-6(13)4-8(7)15-5-9(10,11)12;8-6-1-4-2-7(11)10-5(4)3-9-6;3-1-2(4)5;/h2,4-6H,3,7-8H2,1H3,(H,23,25,26);2-4H,5-6H2,1H3,(H,16,17);2-4H,5,13H2,1H3;1-3,10-11H;1H2;1H4. The molecule has 2 amide bonds. The second-order valence-corrected chi connectivity index (χ2v) is 18.0. The summed E-state index contributed by atoms with van der Waals surface area (Å²) in [6, 6.07) is 14.9. The molecular weight excluding hydrogens is 1230 g/mol. The van der Waals surface area contributed by atoms with E-state index in [4.69, 9.17) is 82.7 Å². The van der Waals surface area contributed by atoms with Crippen molar-refractivity contribution >= 4 is 138 Å². The van der Waals surface area contributed by atoms with Crippen LogP contribution in [0.5, 0.6) is 34.5 Å². The molecule has 80 heavy (non-hydrogen) atoms. The maximum Gasteiger partial charge on any atom is 0.422 e. The summed E-state index contributed by atoms with van der Waals surface area (Å²) < 4.78 is 138. The van der Waals surface area contributed by atoms with Crippen LogP contribution in [0.1, 0.15) is 13.0 Å². The lowest BCUT2D eigenvalue weighted by molar-refractivity contribution is -0.154. The topological polar surface area (TPSA) is 223 Å². The van der Waals surface area contributed by atoms with Crippen molar-refractivity contribution in [3.63, 3.8) is 0 Å². The van der Waals surface area contributed by atoms with Gasteiger partial charge in [0.05, 0.1) is 72.8 Å². The number of aromatic nitrogens is 4. The van der Waals surface area contributed by atoms with Gasteiger partial charge in [-0.15, -0.1) is 47.6 Å². The van der Waals surface area contributed by atoms with E-state index in [1.54, 1.807) is 24.5 Å². The molecule has 0 bridgehead atoms. The van der Waals surface area contributed by atoms with Gasteiger partial charge in [0.1, 0.15) is 22.0 Å². The molecule has 0 radical (unpaired) electrons. The first-order valence-corrected chi connectivity index (χ1v) is 25.0. The van der Waals surface area contributed by atoms with Crippen molar-refractivity contribution in [2.75, 3.05) is 75.0 Å². The van der Waals surface area contributed by atoms with Crippen LogP contribution < -0.4 is 44.8 Å². The number of nitrogens with zero attached hydrogens (tertiary/aromatic N) is 4. The van der Waals surface area contributed by atoms with Gasteiger partial charge in [0.25, 0.3) is 0 Å². The summed E-state index contributed by atoms with van der Waals surface area (Å²) in [6.45, 7) is -4.31. The second-order valence-electron chi connectivity index (χ2n) is 14.8. The predicted molar refractivity (Wildman–Crippen MR) is 293 cm³/mol. The number of anilines is 3. The highest BCUT2D eigenvalue weighted by atomic mass is 35.5. The van der Waals surface area contributed by atoms with Crippen molar-refractivity contribution in [3.8, 4) is 34.5 Å². The number of benzene rings is 2. The average molecular weight is 1280 g/mol. The smallest absolute Gasteiger partial charge is 0.422 e. The van der Waals surface area contributed by atoms with Crippen molar-refractivity contribution in [3.05, 3.63) is 95.1 Å². The Labute approximate surface area is 485 Å². The lowest BCUT2D eigenvalue weighted by Crippen LogP contribution is -2.20. The van der Waals surface area contributed by atoms with Crippen LogP contribution in [0, 0.1) is 0 Å². The SMILES string of the molecule is C.COc1ccc(N)cc1OCC(F)(F)F.COc1ccc(NC(=O)CCl)cc1OCC(F)(F)F.COc1cnc(NC(=O)CSC2=Nc3cnc(Cl)cc3C2)cc1OCC(F)(F)F.O=C(Cl)CCl.Sc1cc2cc(Cl)ncc2[nH]1. The molecule has 1 aliphatic rings. The number of aromatic amines is 1. The Morgan fingerprint density at radius 3 is 1.74 bits per heavy atom. The van der Waals surface area contributed by atoms with Crippen molar-refractivity contribution < 1.29 is 82.3 Å². The molecule has 0 saturated heterocycles. The molecule has 5 heterocycles. The molecular formula is C47H46Cl5F9N8O9S2. The largest absolute Gasteiger partial charge is 0.493 e. The summed E-state index contributed by atoms with van der Waals surface area (Å²) in [5.74, 6) is -1.09. The number of thioether (sulfide) groups is 1. The van der Waals surface area contributed by atoms with Gasteiger partial charge in [-0.05, 0) is 59.6 Å². The quantitative estimate of drug-likeness (QED) is 0.0161. The average Bonchev–Trinajstić information content (AvgIpc) is 3.97. The molecule has 0 aliphatic carbocycles. The van der Waals surface area contributed by atoms with Crippen molar-refractivity contribution in [1.82, 2.24) is 19.9 Å². The van der Waals surface area contributed by atoms with E-state index >= 15 is 0 Å². The highest BCUT2D eigenvalue weighted by Gasteiger charge is 2.31. The van der Waals surface area contributed by atoms with E-state index < -0.39 is 55.4 Å². The van der Waals surface area contributed by atoms with Crippen LogP contribution in [0.2, 0.25) is 10.3 Å². The number of ether oxygens (including phenoxy) is 6. The number of nitrogens with two attached hydrogens (primary N) is 1. The third-order valence-corrected chi connectivity index (χ3v) is 11.1. The zero-order chi connectivity index (χ0) is 59.1. The number of hydrogen-bond donors (Lipinski definition) is 5. The first kappa shape index (κ1) is 69.9. The van der Waals surface area contributed by atoms with Gasteiger partial charge in [0.15, 0.2) is 54.3 Å². The fraction of sp³-hybridized carbons (Fsp3) is 0.298. The molecule has 2 aromatic carbocycles. The third kappa shape index (κ3) is 26.9. The number of H-pyrrole nitrogens is 1. The van der Waals surface area contributed by atoms with E-state index in [0.717, 1.165) is 26.5 Å².